The molecular weight excluding hydrogens is 438 g/mol. The van der Waals surface area contributed by atoms with Crippen molar-refractivity contribution in [3.8, 4) is 0 Å². The van der Waals surface area contributed by atoms with Crippen molar-refractivity contribution in [1.82, 2.24) is 15.3 Å². The molecule has 0 fully saturated rings. The van der Waals surface area contributed by atoms with E-state index in [0.717, 1.165) is 17.1 Å². The van der Waals surface area contributed by atoms with Crippen molar-refractivity contribution in [2.75, 3.05) is 10.6 Å². The summed E-state index contributed by atoms with van der Waals surface area (Å²) >= 11 is 4.40. The molecule has 0 saturated carbocycles. The minimum Gasteiger partial charge on any atom is -0.354 e. The van der Waals surface area contributed by atoms with Crippen LogP contribution in [0.1, 0.15) is 66.9 Å². The van der Waals surface area contributed by atoms with Crippen LogP contribution in [0, 0.1) is 12.3 Å². The fourth-order valence-corrected chi connectivity index (χ4v) is 2.71. The summed E-state index contributed by atoms with van der Waals surface area (Å²) in [5.41, 5.74) is 5.27. The van der Waals surface area contributed by atoms with Crippen LogP contribution in [-0.2, 0) is 0 Å². The molecule has 1 aromatic carbocycles. The van der Waals surface area contributed by atoms with E-state index in [9.17, 15) is 0 Å². The average molecular weight is 482 g/mol. The number of allylic oxidation sites excluding steroid dienone is 2. The second-order valence-electron chi connectivity index (χ2n) is 8.16. The van der Waals surface area contributed by atoms with Crippen LogP contribution in [-0.4, -0.2) is 9.97 Å². The Labute approximate surface area is 213 Å². The maximum atomic E-state index is 4.40. The zero-order chi connectivity index (χ0) is 26.5. The van der Waals surface area contributed by atoms with Crippen molar-refractivity contribution in [3.05, 3.63) is 84.9 Å². The van der Waals surface area contributed by atoms with Crippen molar-refractivity contribution >= 4 is 29.7 Å². The highest BCUT2D eigenvalue weighted by molar-refractivity contribution is 7.80. The van der Waals surface area contributed by atoms with Gasteiger partial charge in [-0.25, -0.2) is 9.97 Å². The van der Waals surface area contributed by atoms with E-state index in [1.165, 1.54) is 5.57 Å². The number of anilines is 2. The molecular formula is C28H43N5S. The van der Waals surface area contributed by atoms with E-state index in [0.29, 0.717) is 27.9 Å². The van der Waals surface area contributed by atoms with Gasteiger partial charge in [0.25, 0.3) is 0 Å². The van der Waals surface area contributed by atoms with Crippen LogP contribution in [0.5, 0.6) is 0 Å². The van der Waals surface area contributed by atoms with E-state index in [2.05, 4.69) is 86.0 Å². The lowest BCUT2D eigenvalue weighted by Crippen LogP contribution is -2.17. The van der Waals surface area contributed by atoms with Crippen LogP contribution < -0.4 is 16.0 Å². The van der Waals surface area contributed by atoms with Crippen molar-refractivity contribution in [1.29, 1.82) is 0 Å². The molecule has 1 heterocycles. The minimum atomic E-state index is 0.102. The molecule has 3 N–H and O–H groups in total. The molecule has 5 nitrogen and oxygen atoms in total. The first kappa shape index (κ1) is 31.0. The van der Waals surface area contributed by atoms with E-state index < -0.39 is 0 Å². The van der Waals surface area contributed by atoms with Gasteiger partial charge in [0.15, 0.2) is 0 Å². The van der Waals surface area contributed by atoms with Crippen LogP contribution in [0.2, 0.25) is 0 Å². The molecule has 2 rings (SSSR count). The minimum absolute atomic E-state index is 0.102. The Morgan fingerprint density at radius 1 is 0.941 bits per heavy atom. The number of thiol groups is 1. The van der Waals surface area contributed by atoms with E-state index in [1.54, 1.807) is 6.20 Å². The molecule has 0 unspecified atom stereocenters. The highest BCUT2D eigenvalue weighted by Crippen LogP contribution is 2.25. The second-order valence-corrected chi connectivity index (χ2v) is 8.64. The molecule has 0 aliphatic rings. The number of aromatic nitrogens is 2. The maximum absolute atomic E-state index is 4.40. The summed E-state index contributed by atoms with van der Waals surface area (Å²) in [6.45, 7) is 30.6. The number of benzene rings is 1. The largest absolute Gasteiger partial charge is 0.354 e. The Hall–Kier alpha value is -2.99. The highest BCUT2D eigenvalue weighted by Gasteiger charge is 2.12. The Kier molecular flexibility index (Phi) is 13.7. The lowest BCUT2D eigenvalue weighted by Gasteiger charge is -2.20. The van der Waals surface area contributed by atoms with Gasteiger partial charge in [-0.2, -0.15) is 0 Å². The topological polar surface area (TPSA) is 61.9 Å². The first-order valence-electron chi connectivity index (χ1n) is 11.7. The number of aryl methyl sites for hydroxylation is 1. The van der Waals surface area contributed by atoms with Gasteiger partial charge in [0.05, 0.1) is 10.6 Å². The quantitative estimate of drug-likeness (QED) is 0.226. The summed E-state index contributed by atoms with van der Waals surface area (Å²) in [5, 5.41) is 9.67. The molecule has 0 bridgehead atoms. The van der Waals surface area contributed by atoms with Crippen molar-refractivity contribution in [2.45, 2.75) is 67.2 Å². The summed E-state index contributed by atoms with van der Waals surface area (Å²) in [5.74, 6) is 1.32. The Balaban J connectivity index is 0.00000258. The van der Waals surface area contributed by atoms with Gasteiger partial charge in [0, 0.05) is 23.3 Å². The first-order valence-corrected chi connectivity index (χ1v) is 12.1. The lowest BCUT2D eigenvalue weighted by atomic mass is 9.87. The molecule has 0 radical (unpaired) electrons. The molecule has 6 heteroatoms. The molecule has 0 aliphatic carbocycles. The predicted molar refractivity (Wildman–Crippen MR) is 154 cm³/mol. The fourth-order valence-electron chi connectivity index (χ4n) is 2.47. The third-order valence-corrected chi connectivity index (χ3v) is 4.86. The van der Waals surface area contributed by atoms with Gasteiger partial charge in [-0.15, -0.1) is 12.6 Å². The Morgan fingerprint density at radius 2 is 1.44 bits per heavy atom. The number of nitrogens with zero attached hydrogens (tertiary/aromatic N) is 2. The van der Waals surface area contributed by atoms with Crippen LogP contribution in [0.25, 0.3) is 5.70 Å². The molecule has 0 aliphatic heterocycles. The van der Waals surface area contributed by atoms with E-state index in [4.69, 9.17) is 0 Å². The fraction of sp³-hybridized carbons (Fsp3) is 0.357. The molecule has 1 aromatic heterocycles. The van der Waals surface area contributed by atoms with Gasteiger partial charge < -0.3 is 16.0 Å². The van der Waals surface area contributed by atoms with Crippen LogP contribution >= 0.6 is 12.6 Å². The van der Waals surface area contributed by atoms with Crippen molar-refractivity contribution in [2.24, 2.45) is 5.41 Å². The molecule has 0 amide bonds. The van der Waals surface area contributed by atoms with Crippen molar-refractivity contribution < 1.29 is 0 Å². The molecule has 34 heavy (non-hydrogen) atoms. The van der Waals surface area contributed by atoms with E-state index >= 15 is 0 Å². The predicted octanol–water partition coefficient (Wildman–Crippen LogP) is 8.19. The molecule has 0 spiro atoms. The number of hydrogen-bond acceptors (Lipinski definition) is 6. The normalized spacial score (nSPS) is 10.6. The monoisotopic (exact) mass is 481 g/mol. The maximum Gasteiger partial charge on any atom is 0.126 e. The van der Waals surface area contributed by atoms with E-state index in [-0.39, 0.29) is 5.41 Å². The first-order chi connectivity index (χ1) is 16.0. The highest BCUT2D eigenvalue weighted by atomic mass is 32.1. The van der Waals surface area contributed by atoms with Gasteiger partial charge in [0.1, 0.15) is 17.3 Å². The number of rotatable bonds is 8. The zero-order valence-corrected chi connectivity index (χ0v) is 23.3. The molecule has 2 aromatic rings. The summed E-state index contributed by atoms with van der Waals surface area (Å²) in [6.07, 6.45) is 3.71. The van der Waals surface area contributed by atoms with Gasteiger partial charge >= 0.3 is 0 Å². The van der Waals surface area contributed by atoms with Gasteiger partial charge in [-0.05, 0) is 49.6 Å². The standard InChI is InChI=1S/C24H31N5S.2C2H6/c1-15(24(6,7)8)13-16(2)26-19(5)28-21-11-9-20(10-12-21)27-17(3)23-22(30)14-25-18(4)29-23;2*1-2/h9-14,26-28,30H,2-3,5H2,1,4,6-8H3;2*1-2H3/b15-13+;;. The summed E-state index contributed by atoms with van der Waals surface area (Å²) in [7, 11) is 0. The van der Waals surface area contributed by atoms with Gasteiger partial charge in [-0.1, -0.05) is 73.8 Å². The SMILES string of the molecule is C=C(/C=C(\C)C(C)(C)C)NC(=C)Nc1ccc(NC(=C)c2nc(C)ncc2S)cc1.CC.CC. The molecule has 186 valence electrons. The summed E-state index contributed by atoms with van der Waals surface area (Å²) in [4.78, 5) is 9.20. The summed E-state index contributed by atoms with van der Waals surface area (Å²) in [6, 6.07) is 7.81. The third kappa shape index (κ3) is 10.8. The van der Waals surface area contributed by atoms with Crippen LogP contribution in [0.4, 0.5) is 11.4 Å². The van der Waals surface area contributed by atoms with Gasteiger partial charge in [0.2, 0.25) is 0 Å². The van der Waals surface area contributed by atoms with Crippen molar-refractivity contribution in [3.63, 3.8) is 0 Å². The average Bonchev–Trinajstić information content (AvgIpc) is 2.78. The third-order valence-electron chi connectivity index (χ3n) is 4.54. The van der Waals surface area contributed by atoms with E-state index in [1.807, 2.05) is 65.0 Å². The second kappa shape index (κ2) is 15.0. The zero-order valence-electron chi connectivity index (χ0n) is 22.4. The Morgan fingerprint density at radius 3 is 1.94 bits per heavy atom. The summed E-state index contributed by atoms with van der Waals surface area (Å²) < 4.78 is 0. The molecule has 0 saturated heterocycles. The number of nitrogens with one attached hydrogen (secondary N) is 3. The molecule has 0 atom stereocenters. The number of hydrogen-bond donors (Lipinski definition) is 4. The van der Waals surface area contributed by atoms with Crippen LogP contribution in [0.15, 0.2) is 78.3 Å². The Bertz CT molecular complexity index is 983. The smallest absolute Gasteiger partial charge is 0.126 e. The van der Waals surface area contributed by atoms with Gasteiger partial charge in [-0.3, -0.25) is 0 Å². The van der Waals surface area contributed by atoms with Crippen LogP contribution in [0.3, 0.4) is 0 Å². The lowest BCUT2D eigenvalue weighted by molar-refractivity contribution is 0.503.